The highest BCUT2D eigenvalue weighted by Crippen LogP contribution is 2.29. The molecule has 1 rings (SSSR count). The fourth-order valence-electron chi connectivity index (χ4n) is 3.10. The average molecular weight is 358 g/mol. The molecule has 25 heavy (non-hydrogen) atoms. The third-order valence-electron chi connectivity index (χ3n) is 4.37. The second-order valence-electron chi connectivity index (χ2n) is 6.60. The molecule has 1 aliphatic heterocycles. The standard InChI is InChI=1S/C19H34O6/c1-5-7-8-9-10-11-12-22-18-17(13-23-14(3)20)25-16(6-2)19(18)24-15(4)21/h16-19H,5-13H2,1-4H3/t16-,17+,18-,19-/m0/s1. The van der Waals surface area contributed by atoms with E-state index in [1.807, 2.05) is 6.92 Å². The molecule has 0 aromatic heterocycles. The number of rotatable bonds is 12. The number of hydrogen-bond donors (Lipinski definition) is 0. The Hall–Kier alpha value is -1.14. The normalized spacial score (nSPS) is 25.8. The van der Waals surface area contributed by atoms with Crippen LogP contribution in [0, 0.1) is 0 Å². The summed E-state index contributed by atoms with van der Waals surface area (Å²) in [5.74, 6) is -0.712. The van der Waals surface area contributed by atoms with E-state index in [2.05, 4.69) is 6.92 Å². The van der Waals surface area contributed by atoms with Crippen molar-refractivity contribution in [2.75, 3.05) is 13.2 Å². The molecular formula is C19H34O6. The Morgan fingerprint density at radius 3 is 2.16 bits per heavy atom. The van der Waals surface area contributed by atoms with Crippen LogP contribution in [0.1, 0.15) is 72.6 Å². The molecule has 0 amide bonds. The van der Waals surface area contributed by atoms with E-state index in [-0.39, 0.29) is 24.6 Å². The zero-order valence-electron chi connectivity index (χ0n) is 16.1. The van der Waals surface area contributed by atoms with E-state index in [0.29, 0.717) is 13.0 Å². The summed E-state index contributed by atoms with van der Waals surface area (Å²) in [6.45, 7) is 7.63. The van der Waals surface area contributed by atoms with E-state index < -0.39 is 18.3 Å². The van der Waals surface area contributed by atoms with Crippen molar-refractivity contribution in [1.82, 2.24) is 0 Å². The first kappa shape index (κ1) is 21.9. The highest BCUT2D eigenvalue weighted by Gasteiger charge is 2.47. The number of carbonyl (C=O) groups excluding carboxylic acids is 2. The predicted octanol–water partition coefficient (Wildman–Crippen LogP) is 3.40. The SMILES string of the molecule is CCCCCCCCO[C@@H]1[C@@H](OC(C)=O)[C@H](CC)O[C@@H]1COC(C)=O. The van der Waals surface area contributed by atoms with Gasteiger partial charge in [0.05, 0.1) is 6.10 Å². The second-order valence-corrected chi connectivity index (χ2v) is 6.60. The van der Waals surface area contributed by atoms with Gasteiger partial charge in [0, 0.05) is 20.5 Å². The minimum Gasteiger partial charge on any atom is -0.463 e. The van der Waals surface area contributed by atoms with Gasteiger partial charge >= 0.3 is 11.9 Å². The lowest BCUT2D eigenvalue weighted by Gasteiger charge is -2.24. The monoisotopic (exact) mass is 358 g/mol. The van der Waals surface area contributed by atoms with Crippen molar-refractivity contribution in [3.63, 3.8) is 0 Å². The molecule has 1 saturated heterocycles. The van der Waals surface area contributed by atoms with Gasteiger partial charge in [0.2, 0.25) is 0 Å². The second kappa shape index (κ2) is 12.3. The molecule has 0 bridgehead atoms. The third-order valence-corrected chi connectivity index (χ3v) is 4.37. The van der Waals surface area contributed by atoms with Crippen LogP contribution in [-0.4, -0.2) is 49.6 Å². The Balaban J connectivity index is 2.54. The lowest BCUT2D eigenvalue weighted by atomic mass is 10.1. The first-order chi connectivity index (χ1) is 12.0. The molecule has 0 aromatic carbocycles. The molecule has 0 radical (unpaired) electrons. The van der Waals surface area contributed by atoms with Gasteiger partial charge < -0.3 is 18.9 Å². The van der Waals surface area contributed by atoms with Crippen molar-refractivity contribution in [1.29, 1.82) is 0 Å². The van der Waals surface area contributed by atoms with Gasteiger partial charge in [-0.15, -0.1) is 0 Å². The minimum atomic E-state index is -0.455. The van der Waals surface area contributed by atoms with Gasteiger partial charge in [0.1, 0.15) is 18.8 Å². The summed E-state index contributed by atoms with van der Waals surface area (Å²) in [6.07, 6.45) is 6.26. The van der Waals surface area contributed by atoms with E-state index in [1.54, 1.807) is 0 Å². The fraction of sp³-hybridized carbons (Fsp3) is 0.895. The molecule has 146 valence electrons. The minimum absolute atomic E-state index is 0.116. The number of unbranched alkanes of at least 4 members (excludes halogenated alkanes) is 5. The zero-order chi connectivity index (χ0) is 18.7. The third kappa shape index (κ3) is 8.19. The number of ether oxygens (including phenoxy) is 4. The van der Waals surface area contributed by atoms with Crippen LogP contribution in [0.25, 0.3) is 0 Å². The van der Waals surface area contributed by atoms with Crippen LogP contribution in [0.3, 0.4) is 0 Å². The van der Waals surface area contributed by atoms with Crippen molar-refractivity contribution in [2.45, 2.75) is 97.1 Å². The molecule has 0 unspecified atom stereocenters. The maximum Gasteiger partial charge on any atom is 0.303 e. The quantitative estimate of drug-likeness (QED) is 0.393. The summed E-state index contributed by atoms with van der Waals surface area (Å²) in [7, 11) is 0. The van der Waals surface area contributed by atoms with Crippen LogP contribution in [0.2, 0.25) is 0 Å². The first-order valence-electron chi connectivity index (χ1n) is 9.57. The van der Waals surface area contributed by atoms with Crippen LogP contribution in [0.4, 0.5) is 0 Å². The molecular weight excluding hydrogens is 324 g/mol. The van der Waals surface area contributed by atoms with Gasteiger partial charge in [-0.25, -0.2) is 0 Å². The van der Waals surface area contributed by atoms with E-state index >= 15 is 0 Å². The van der Waals surface area contributed by atoms with Crippen LogP contribution < -0.4 is 0 Å². The Morgan fingerprint density at radius 1 is 0.880 bits per heavy atom. The predicted molar refractivity (Wildman–Crippen MR) is 94.3 cm³/mol. The average Bonchev–Trinajstić information content (AvgIpc) is 2.88. The molecule has 0 saturated carbocycles. The maximum absolute atomic E-state index is 11.4. The van der Waals surface area contributed by atoms with Crippen molar-refractivity contribution in [2.24, 2.45) is 0 Å². The van der Waals surface area contributed by atoms with Crippen LogP contribution in [-0.2, 0) is 28.5 Å². The highest BCUT2D eigenvalue weighted by atomic mass is 16.6. The molecule has 0 N–H and O–H groups in total. The molecule has 0 spiro atoms. The van der Waals surface area contributed by atoms with E-state index in [0.717, 1.165) is 12.8 Å². The maximum atomic E-state index is 11.4. The number of hydrogen-bond acceptors (Lipinski definition) is 6. The van der Waals surface area contributed by atoms with Crippen LogP contribution in [0.15, 0.2) is 0 Å². The van der Waals surface area contributed by atoms with Crippen LogP contribution in [0.5, 0.6) is 0 Å². The molecule has 0 aromatic rings. The van der Waals surface area contributed by atoms with Gasteiger partial charge in [-0.05, 0) is 12.8 Å². The molecule has 1 aliphatic rings. The fourth-order valence-corrected chi connectivity index (χ4v) is 3.10. The Bertz CT molecular complexity index is 397. The van der Waals surface area contributed by atoms with Gasteiger partial charge in [-0.3, -0.25) is 9.59 Å². The van der Waals surface area contributed by atoms with E-state index in [4.69, 9.17) is 18.9 Å². The summed E-state index contributed by atoms with van der Waals surface area (Å²) >= 11 is 0. The van der Waals surface area contributed by atoms with Gasteiger partial charge in [-0.2, -0.15) is 0 Å². The molecule has 4 atom stereocenters. The summed E-state index contributed by atoms with van der Waals surface area (Å²) in [6, 6.07) is 0. The summed E-state index contributed by atoms with van der Waals surface area (Å²) in [5.41, 5.74) is 0. The van der Waals surface area contributed by atoms with Gasteiger partial charge in [0.25, 0.3) is 0 Å². The summed E-state index contributed by atoms with van der Waals surface area (Å²) < 4.78 is 22.5. The van der Waals surface area contributed by atoms with E-state index in [9.17, 15) is 9.59 Å². The van der Waals surface area contributed by atoms with Crippen molar-refractivity contribution < 1.29 is 28.5 Å². The first-order valence-corrected chi connectivity index (χ1v) is 9.57. The number of carbonyl (C=O) groups is 2. The molecule has 1 heterocycles. The molecule has 6 nitrogen and oxygen atoms in total. The Kier molecular flexibility index (Phi) is 10.7. The smallest absolute Gasteiger partial charge is 0.303 e. The lowest BCUT2D eigenvalue weighted by molar-refractivity contribution is -0.156. The topological polar surface area (TPSA) is 71.1 Å². The molecule has 0 aliphatic carbocycles. The molecule has 6 heteroatoms. The largest absolute Gasteiger partial charge is 0.463 e. The van der Waals surface area contributed by atoms with Gasteiger partial charge in [-0.1, -0.05) is 46.0 Å². The summed E-state index contributed by atoms with van der Waals surface area (Å²) in [4.78, 5) is 22.5. The van der Waals surface area contributed by atoms with Crippen molar-refractivity contribution in [3.8, 4) is 0 Å². The van der Waals surface area contributed by atoms with Crippen LogP contribution >= 0.6 is 0 Å². The Morgan fingerprint density at radius 2 is 1.56 bits per heavy atom. The van der Waals surface area contributed by atoms with E-state index in [1.165, 1.54) is 39.5 Å². The van der Waals surface area contributed by atoms with Crippen molar-refractivity contribution >= 4 is 11.9 Å². The number of esters is 2. The summed E-state index contributed by atoms with van der Waals surface area (Å²) in [5, 5.41) is 0. The van der Waals surface area contributed by atoms with Gasteiger partial charge in [0.15, 0.2) is 6.10 Å². The van der Waals surface area contributed by atoms with Crippen molar-refractivity contribution in [3.05, 3.63) is 0 Å². The molecule has 1 fully saturated rings. The lowest BCUT2D eigenvalue weighted by Crippen LogP contribution is -2.40. The Labute approximate surface area is 151 Å². The zero-order valence-corrected chi connectivity index (χ0v) is 16.1. The highest BCUT2D eigenvalue weighted by molar-refractivity contribution is 5.66.